The van der Waals surface area contributed by atoms with Crippen LogP contribution in [0.15, 0.2) is 0 Å². The highest BCUT2D eigenvalue weighted by Crippen LogP contribution is 2.18. The Hall–Kier alpha value is -1.06. The summed E-state index contributed by atoms with van der Waals surface area (Å²) in [7, 11) is 0. The number of hydrogen-bond acceptors (Lipinski definition) is 4. The summed E-state index contributed by atoms with van der Waals surface area (Å²) in [6, 6.07) is 0. The van der Waals surface area contributed by atoms with Gasteiger partial charge in [0.2, 0.25) is 0 Å². The smallest absolute Gasteiger partial charge is 0.310 e. The molecule has 1 fully saturated rings. The second-order valence-electron chi connectivity index (χ2n) is 3.53. The van der Waals surface area contributed by atoms with Gasteiger partial charge in [0.25, 0.3) is 0 Å². The standard InChI is InChI=1S/C9H14O4/c1-5(2)9(11)13-7-4-8(10)12-6(7)3/h5-7H,4H2,1-3H3. The molecule has 1 aliphatic heterocycles. The molecule has 0 N–H and O–H groups in total. The van der Waals surface area contributed by atoms with Crippen molar-refractivity contribution in [3.8, 4) is 0 Å². The third-order valence-corrected chi connectivity index (χ3v) is 1.95. The van der Waals surface area contributed by atoms with Crippen molar-refractivity contribution in [3.05, 3.63) is 0 Å². The Bertz CT molecular complexity index is 222. The molecule has 0 saturated carbocycles. The molecular formula is C9H14O4. The molecule has 0 aliphatic carbocycles. The van der Waals surface area contributed by atoms with Crippen LogP contribution in [-0.4, -0.2) is 24.1 Å². The van der Waals surface area contributed by atoms with E-state index in [2.05, 4.69) is 0 Å². The van der Waals surface area contributed by atoms with Gasteiger partial charge in [-0.1, -0.05) is 13.8 Å². The monoisotopic (exact) mass is 186 g/mol. The summed E-state index contributed by atoms with van der Waals surface area (Å²) in [6.45, 7) is 5.23. The van der Waals surface area contributed by atoms with Crippen molar-refractivity contribution in [1.82, 2.24) is 0 Å². The maximum absolute atomic E-state index is 11.2. The number of esters is 2. The van der Waals surface area contributed by atoms with Crippen molar-refractivity contribution < 1.29 is 19.1 Å². The van der Waals surface area contributed by atoms with Crippen LogP contribution >= 0.6 is 0 Å². The summed E-state index contributed by atoms with van der Waals surface area (Å²) in [5, 5.41) is 0. The summed E-state index contributed by atoms with van der Waals surface area (Å²) in [6.07, 6.45) is -0.530. The summed E-state index contributed by atoms with van der Waals surface area (Å²) >= 11 is 0. The van der Waals surface area contributed by atoms with Crippen molar-refractivity contribution in [1.29, 1.82) is 0 Å². The van der Waals surface area contributed by atoms with Gasteiger partial charge in [0, 0.05) is 0 Å². The van der Waals surface area contributed by atoms with Gasteiger partial charge in [-0.25, -0.2) is 0 Å². The largest absolute Gasteiger partial charge is 0.459 e. The SMILES string of the molecule is CC(C)C(=O)OC1CC(=O)OC1C. The molecule has 0 aromatic carbocycles. The topological polar surface area (TPSA) is 52.6 Å². The van der Waals surface area contributed by atoms with Gasteiger partial charge in [-0.05, 0) is 6.92 Å². The molecule has 4 heteroatoms. The van der Waals surface area contributed by atoms with Crippen LogP contribution in [0.2, 0.25) is 0 Å². The Morgan fingerprint density at radius 3 is 2.62 bits per heavy atom. The quantitative estimate of drug-likeness (QED) is 0.601. The first-order chi connectivity index (χ1) is 6.00. The Kier molecular flexibility index (Phi) is 2.90. The summed E-state index contributed by atoms with van der Waals surface area (Å²) in [5.41, 5.74) is 0. The van der Waals surface area contributed by atoms with Crippen LogP contribution in [0.4, 0.5) is 0 Å². The van der Waals surface area contributed by atoms with E-state index >= 15 is 0 Å². The van der Waals surface area contributed by atoms with Crippen molar-refractivity contribution in [2.75, 3.05) is 0 Å². The molecule has 2 atom stereocenters. The molecule has 1 aliphatic rings. The number of cyclic esters (lactones) is 1. The molecule has 0 radical (unpaired) electrons. The van der Waals surface area contributed by atoms with Crippen molar-refractivity contribution in [2.45, 2.75) is 39.4 Å². The van der Waals surface area contributed by atoms with E-state index in [-0.39, 0.29) is 30.4 Å². The number of rotatable bonds is 2. The van der Waals surface area contributed by atoms with Crippen LogP contribution in [0.1, 0.15) is 27.2 Å². The van der Waals surface area contributed by atoms with E-state index in [4.69, 9.17) is 9.47 Å². The van der Waals surface area contributed by atoms with Gasteiger partial charge in [0.15, 0.2) is 0 Å². The lowest BCUT2D eigenvalue weighted by Crippen LogP contribution is -2.26. The molecule has 74 valence electrons. The van der Waals surface area contributed by atoms with Crippen LogP contribution in [-0.2, 0) is 19.1 Å². The number of carbonyl (C=O) groups excluding carboxylic acids is 2. The molecular weight excluding hydrogens is 172 g/mol. The van der Waals surface area contributed by atoms with Gasteiger partial charge in [-0.3, -0.25) is 9.59 Å². The minimum atomic E-state index is -0.401. The van der Waals surface area contributed by atoms with Crippen molar-refractivity contribution >= 4 is 11.9 Å². The highest BCUT2D eigenvalue weighted by atomic mass is 16.6. The van der Waals surface area contributed by atoms with E-state index in [0.29, 0.717) is 0 Å². The predicted octanol–water partition coefficient (Wildman–Crippen LogP) is 0.890. The predicted molar refractivity (Wildman–Crippen MR) is 44.9 cm³/mol. The molecule has 4 nitrogen and oxygen atoms in total. The van der Waals surface area contributed by atoms with Crippen molar-refractivity contribution in [2.24, 2.45) is 5.92 Å². The third-order valence-electron chi connectivity index (χ3n) is 1.95. The minimum absolute atomic E-state index is 0.164. The Balaban J connectivity index is 2.46. The summed E-state index contributed by atoms with van der Waals surface area (Å²) in [5.74, 6) is -0.743. The first kappa shape index (κ1) is 10.0. The zero-order valence-electron chi connectivity index (χ0n) is 8.07. The lowest BCUT2D eigenvalue weighted by Gasteiger charge is -2.15. The van der Waals surface area contributed by atoms with Crippen molar-refractivity contribution in [3.63, 3.8) is 0 Å². The highest BCUT2D eigenvalue weighted by Gasteiger charge is 2.34. The van der Waals surface area contributed by atoms with Crippen LogP contribution in [0, 0.1) is 5.92 Å². The molecule has 0 aromatic heterocycles. The maximum Gasteiger partial charge on any atom is 0.310 e. The van der Waals surface area contributed by atoms with Gasteiger partial charge < -0.3 is 9.47 Å². The van der Waals surface area contributed by atoms with E-state index in [1.54, 1.807) is 20.8 Å². The number of hydrogen-bond donors (Lipinski definition) is 0. The second-order valence-corrected chi connectivity index (χ2v) is 3.53. The summed E-state index contributed by atoms with van der Waals surface area (Å²) < 4.78 is 9.91. The third kappa shape index (κ3) is 2.44. The molecule has 0 bridgehead atoms. The molecule has 0 spiro atoms. The highest BCUT2D eigenvalue weighted by molar-refractivity contribution is 5.75. The Morgan fingerprint density at radius 2 is 2.23 bits per heavy atom. The maximum atomic E-state index is 11.2. The zero-order chi connectivity index (χ0) is 10.0. The normalized spacial score (nSPS) is 27.5. The second kappa shape index (κ2) is 3.77. The average Bonchev–Trinajstić information content (AvgIpc) is 2.30. The van der Waals surface area contributed by atoms with Gasteiger partial charge in [0.05, 0.1) is 12.3 Å². The fraction of sp³-hybridized carbons (Fsp3) is 0.778. The van der Waals surface area contributed by atoms with Crippen LogP contribution in [0.5, 0.6) is 0 Å². The fourth-order valence-corrected chi connectivity index (χ4v) is 1.08. The zero-order valence-corrected chi connectivity index (χ0v) is 8.07. The van der Waals surface area contributed by atoms with E-state index in [0.717, 1.165) is 0 Å². The average molecular weight is 186 g/mol. The molecule has 2 unspecified atom stereocenters. The molecule has 1 heterocycles. The fourth-order valence-electron chi connectivity index (χ4n) is 1.08. The Morgan fingerprint density at radius 1 is 1.62 bits per heavy atom. The minimum Gasteiger partial charge on any atom is -0.459 e. The van der Waals surface area contributed by atoms with Gasteiger partial charge >= 0.3 is 11.9 Å². The molecule has 1 saturated heterocycles. The van der Waals surface area contributed by atoms with Gasteiger partial charge in [0.1, 0.15) is 12.2 Å². The van der Waals surface area contributed by atoms with Gasteiger partial charge in [-0.15, -0.1) is 0 Å². The van der Waals surface area contributed by atoms with Crippen LogP contribution < -0.4 is 0 Å². The van der Waals surface area contributed by atoms with E-state index < -0.39 is 6.10 Å². The molecule has 1 rings (SSSR count). The molecule has 13 heavy (non-hydrogen) atoms. The first-order valence-electron chi connectivity index (χ1n) is 4.40. The molecule has 0 amide bonds. The first-order valence-corrected chi connectivity index (χ1v) is 4.40. The Labute approximate surface area is 77.2 Å². The molecule has 0 aromatic rings. The van der Waals surface area contributed by atoms with Crippen LogP contribution in [0.3, 0.4) is 0 Å². The lowest BCUT2D eigenvalue weighted by atomic mass is 10.2. The lowest BCUT2D eigenvalue weighted by molar-refractivity contribution is -0.155. The number of carbonyl (C=O) groups is 2. The van der Waals surface area contributed by atoms with E-state index in [9.17, 15) is 9.59 Å². The van der Waals surface area contributed by atoms with E-state index in [1.807, 2.05) is 0 Å². The number of ether oxygens (including phenoxy) is 2. The summed E-state index contributed by atoms with van der Waals surface area (Å²) in [4.78, 5) is 22.0. The van der Waals surface area contributed by atoms with E-state index in [1.165, 1.54) is 0 Å². The van der Waals surface area contributed by atoms with Crippen LogP contribution in [0.25, 0.3) is 0 Å². The van der Waals surface area contributed by atoms with Gasteiger partial charge in [-0.2, -0.15) is 0 Å².